The third-order valence-corrected chi connectivity index (χ3v) is 6.44. The molecule has 13 heteroatoms. The van der Waals surface area contributed by atoms with E-state index in [2.05, 4.69) is 20.9 Å². The van der Waals surface area contributed by atoms with Crippen molar-refractivity contribution in [1.29, 1.82) is 5.26 Å². The van der Waals surface area contributed by atoms with Gasteiger partial charge in [-0.05, 0) is 24.3 Å². The number of pyridine rings is 1. The van der Waals surface area contributed by atoms with Crippen molar-refractivity contribution in [2.75, 3.05) is 44.6 Å². The summed E-state index contributed by atoms with van der Waals surface area (Å²) in [4.78, 5) is 56.7. The molecular formula is C25H27F2N7O4. The minimum absolute atomic E-state index is 0.00251. The van der Waals surface area contributed by atoms with E-state index in [1.165, 1.54) is 12.3 Å². The Hall–Kier alpha value is -4.18. The molecule has 2 aliphatic rings. The predicted molar refractivity (Wildman–Crippen MR) is 132 cm³/mol. The zero-order valence-electron chi connectivity index (χ0n) is 20.5. The van der Waals surface area contributed by atoms with Gasteiger partial charge < -0.3 is 25.8 Å². The number of carbonyl (C=O) groups is 4. The lowest BCUT2D eigenvalue weighted by molar-refractivity contribution is -0.133. The SMILES string of the molecule is N#CC1CC(F)(F)CN1C(=O)CNC(=O)c1ccnc2ccc(NC(=O)CCC(=O)N3CCNCC3)cc12. The summed E-state index contributed by atoms with van der Waals surface area (Å²) in [6.45, 7) is 1.23. The lowest BCUT2D eigenvalue weighted by Crippen LogP contribution is -2.46. The second-order valence-corrected chi connectivity index (χ2v) is 9.18. The minimum atomic E-state index is -3.15. The third kappa shape index (κ3) is 6.38. The van der Waals surface area contributed by atoms with E-state index in [-0.39, 0.29) is 30.2 Å². The Bertz CT molecular complexity index is 1290. The molecule has 0 bridgehead atoms. The number of fused-ring (bicyclic) bond motifs is 1. The van der Waals surface area contributed by atoms with Crippen molar-refractivity contribution in [3.05, 3.63) is 36.0 Å². The van der Waals surface area contributed by atoms with Gasteiger partial charge >= 0.3 is 0 Å². The first-order valence-corrected chi connectivity index (χ1v) is 12.2. The molecule has 2 saturated heterocycles. The number of halogens is 2. The van der Waals surface area contributed by atoms with Crippen molar-refractivity contribution in [3.8, 4) is 6.07 Å². The van der Waals surface area contributed by atoms with Crippen molar-refractivity contribution in [1.82, 2.24) is 25.4 Å². The van der Waals surface area contributed by atoms with Gasteiger partial charge in [-0.2, -0.15) is 5.26 Å². The van der Waals surface area contributed by atoms with Gasteiger partial charge in [-0.15, -0.1) is 0 Å². The maximum Gasteiger partial charge on any atom is 0.268 e. The fraction of sp³-hybridized carbons (Fsp3) is 0.440. The Morgan fingerprint density at radius 2 is 1.89 bits per heavy atom. The fourth-order valence-electron chi connectivity index (χ4n) is 4.49. The van der Waals surface area contributed by atoms with E-state index in [1.54, 1.807) is 29.2 Å². The number of likely N-dealkylation sites (tertiary alicyclic amines) is 1. The number of piperazine rings is 1. The molecule has 0 radical (unpaired) electrons. The van der Waals surface area contributed by atoms with E-state index in [0.29, 0.717) is 29.7 Å². The van der Waals surface area contributed by atoms with Crippen LogP contribution in [0.25, 0.3) is 10.9 Å². The number of carbonyl (C=O) groups excluding carboxylic acids is 4. The van der Waals surface area contributed by atoms with Crippen LogP contribution in [0.5, 0.6) is 0 Å². The van der Waals surface area contributed by atoms with Gasteiger partial charge in [-0.25, -0.2) is 8.78 Å². The first-order valence-electron chi connectivity index (χ1n) is 12.2. The van der Waals surface area contributed by atoms with Gasteiger partial charge in [0.1, 0.15) is 6.04 Å². The largest absolute Gasteiger partial charge is 0.343 e. The highest BCUT2D eigenvalue weighted by Crippen LogP contribution is 2.31. The van der Waals surface area contributed by atoms with Gasteiger partial charge in [-0.3, -0.25) is 24.2 Å². The number of hydrogen-bond acceptors (Lipinski definition) is 7. The predicted octanol–water partition coefficient (Wildman–Crippen LogP) is 0.875. The van der Waals surface area contributed by atoms with Crippen LogP contribution in [-0.2, 0) is 14.4 Å². The number of rotatable bonds is 7. The molecule has 4 amide bonds. The molecule has 2 aromatic rings. The number of aromatic nitrogens is 1. The van der Waals surface area contributed by atoms with Crippen LogP contribution < -0.4 is 16.0 Å². The average Bonchev–Trinajstić information content (AvgIpc) is 3.24. The Morgan fingerprint density at radius 3 is 2.63 bits per heavy atom. The topological polar surface area (TPSA) is 148 Å². The fourth-order valence-corrected chi connectivity index (χ4v) is 4.49. The maximum atomic E-state index is 13.6. The van der Waals surface area contributed by atoms with Gasteiger partial charge in [0.15, 0.2) is 0 Å². The Balaban J connectivity index is 1.38. The second kappa shape index (κ2) is 11.5. The molecule has 200 valence electrons. The van der Waals surface area contributed by atoms with Crippen molar-refractivity contribution in [2.24, 2.45) is 0 Å². The van der Waals surface area contributed by atoms with Crippen LogP contribution >= 0.6 is 0 Å². The van der Waals surface area contributed by atoms with E-state index in [0.717, 1.165) is 18.0 Å². The zero-order chi connectivity index (χ0) is 27.3. The van der Waals surface area contributed by atoms with Gasteiger partial charge in [0.2, 0.25) is 17.7 Å². The van der Waals surface area contributed by atoms with Crippen LogP contribution in [0, 0.1) is 11.3 Å². The van der Waals surface area contributed by atoms with Crippen LogP contribution in [0.4, 0.5) is 14.5 Å². The number of nitriles is 1. The molecule has 2 fully saturated rings. The lowest BCUT2D eigenvalue weighted by atomic mass is 10.1. The highest BCUT2D eigenvalue weighted by atomic mass is 19.3. The molecule has 3 N–H and O–H groups in total. The van der Waals surface area contributed by atoms with Gasteiger partial charge in [0, 0.05) is 62.7 Å². The quantitative estimate of drug-likeness (QED) is 0.484. The van der Waals surface area contributed by atoms with Crippen LogP contribution in [0.2, 0.25) is 0 Å². The molecule has 1 atom stereocenters. The summed E-state index contributed by atoms with van der Waals surface area (Å²) in [6, 6.07) is 6.66. The highest BCUT2D eigenvalue weighted by Gasteiger charge is 2.47. The van der Waals surface area contributed by atoms with E-state index in [4.69, 9.17) is 5.26 Å². The van der Waals surface area contributed by atoms with Crippen LogP contribution in [0.15, 0.2) is 30.5 Å². The van der Waals surface area contributed by atoms with Crippen molar-refractivity contribution < 1.29 is 28.0 Å². The maximum absolute atomic E-state index is 13.6. The number of anilines is 1. The third-order valence-electron chi connectivity index (χ3n) is 6.44. The Morgan fingerprint density at radius 1 is 1.13 bits per heavy atom. The number of nitrogens with one attached hydrogen (secondary N) is 3. The van der Waals surface area contributed by atoms with Crippen LogP contribution in [0.1, 0.15) is 29.6 Å². The minimum Gasteiger partial charge on any atom is -0.343 e. The summed E-state index contributed by atoms with van der Waals surface area (Å²) in [7, 11) is 0. The molecule has 2 aliphatic heterocycles. The molecule has 38 heavy (non-hydrogen) atoms. The number of nitrogens with zero attached hydrogens (tertiary/aromatic N) is 4. The number of amides is 4. The monoisotopic (exact) mass is 527 g/mol. The molecule has 3 heterocycles. The van der Waals surface area contributed by atoms with Crippen molar-refractivity contribution in [2.45, 2.75) is 31.2 Å². The Kier molecular flexibility index (Phi) is 8.11. The standard InChI is InChI=1S/C25H27F2N7O4/c26-25(27)12-17(13-28)34(15-25)23(37)14-31-24(38)18-5-6-30-20-2-1-16(11-19(18)20)32-21(35)3-4-22(36)33-9-7-29-8-10-33/h1-2,5-6,11,17,29H,3-4,7-10,12,14-15H2,(H,31,38)(H,32,35). The summed E-state index contributed by atoms with van der Waals surface area (Å²) < 4.78 is 27.3. The van der Waals surface area contributed by atoms with Crippen molar-refractivity contribution in [3.63, 3.8) is 0 Å². The van der Waals surface area contributed by atoms with Gasteiger partial charge in [0.25, 0.3) is 11.8 Å². The first kappa shape index (κ1) is 26.9. The van der Waals surface area contributed by atoms with Crippen LogP contribution in [0.3, 0.4) is 0 Å². The zero-order valence-corrected chi connectivity index (χ0v) is 20.5. The summed E-state index contributed by atoms with van der Waals surface area (Å²) in [5, 5.41) is 17.8. The van der Waals surface area contributed by atoms with Gasteiger partial charge in [0.05, 0.1) is 30.2 Å². The molecule has 1 aromatic heterocycles. The number of hydrogen-bond donors (Lipinski definition) is 3. The smallest absolute Gasteiger partial charge is 0.268 e. The number of alkyl halides is 2. The molecule has 0 saturated carbocycles. The molecule has 4 rings (SSSR count). The first-order chi connectivity index (χ1) is 18.2. The normalized spacial score (nSPS) is 18.6. The summed E-state index contributed by atoms with van der Waals surface area (Å²) in [5.74, 6) is -5.03. The molecule has 1 unspecified atom stereocenters. The summed E-state index contributed by atoms with van der Waals surface area (Å²) in [6.07, 6.45) is 0.753. The molecule has 11 nitrogen and oxygen atoms in total. The Labute approximate surface area is 217 Å². The molecular weight excluding hydrogens is 500 g/mol. The molecule has 0 aliphatic carbocycles. The summed E-state index contributed by atoms with van der Waals surface area (Å²) >= 11 is 0. The van der Waals surface area contributed by atoms with Crippen molar-refractivity contribution >= 4 is 40.2 Å². The number of benzene rings is 1. The van der Waals surface area contributed by atoms with Gasteiger partial charge in [-0.1, -0.05) is 0 Å². The van der Waals surface area contributed by atoms with E-state index in [1.807, 2.05) is 0 Å². The van der Waals surface area contributed by atoms with Crippen LogP contribution in [-0.4, -0.2) is 89.6 Å². The van der Waals surface area contributed by atoms with E-state index < -0.39 is 43.3 Å². The molecule has 0 spiro atoms. The lowest BCUT2D eigenvalue weighted by Gasteiger charge is -2.27. The highest BCUT2D eigenvalue weighted by molar-refractivity contribution is 6.08. The van der Waals surface area contributed by atoms with E-state index >= 15 is 0 Å². The summed E-state index contributed by atoms with van der Waals surface area (Å²) in [5.41, 5.74) is 1.02. The second-order valence-electron chi connectivity index (χ2n) is 9.18. The average molecular weight is 528 g/mol. The molecule has 1 aromatic carbocycles. The van der Waals surface area contributed by atoms with E-state index in [9.17, 15) is 28.0 Å².